The normalized spacial score (nSPS) is 11.7. The number of furan rings is 1. The maximum Gasteiger partial charge on any atom is 0.135 e. The highest BCUT2D eigenvalue weighted by Crippen LogP contribution is 2.46. The Balaban J connectivity index is 1.25. The zero-order valence-electron chi connectivity index (χ0n) is 26.7. The molecule has 0 spiro atoms. The maximum atomic E-state index is 6.20. The Labute approximate surface area is 284 Å². The van der Waals surface area contributed by atoms with Gasteiger partial charge in [-0.05, 0) is 113 Å². The third kappa shape index (κ3) is 4.47. The SMILES string of the molecule is c1ccc(-c2cccc(-c3c4ccccc4c(-c4cc(-c5ccc6oc7ccccc7c6c5)c5ccccc5c4)c4ccccc34)c2)cc1. The Kier molecular flexibility index (Phi) is 6.25. The first-order chi connectivity index (χ1) is 24.3. The average Bonchev–Trinajstić information content (AvgIpc) is 3.55. The highest BCUT2D eigenvalue weighted by Gasteiger charge is 2.19. The molecule has 9 aromatic carbocycles. The summed E-state index contributed by atoms with van der Waals surface area (Å²) < 4.78 is 6.20. The quantitative estimate of drug-likeness (QED) is 0.178. The van der Waals surface area contributed by atoms with E-state index in [0.29, 0.717) is 0 Å². The van der Waals surface area contributed by atoms with E-state index in [9.17, 15) is 0 Å². The first-order valence-corrected chi connectivity index (χ1v) is 16.8. The molecule has 1 nitrogen and oxygen atoms in total. The highest BCUT2D eigenvalue weighted by atomic mass is 16.3. The van der Waals surface area contributed by atoms with E-state index in [-0.39, 0.29) is 0 Å². The molecule has 0 aliphatic heterocycles. The second-order valence-corrected chi connectivity index (χ2v) is 12.8. The molecule has 0 aliphatic carbocycles. The third-order valence-corrected chi connectivity index (χ3v) is 10.0. The van der Waals surface area contributed by atoms with Crippen molar-refractivity contribution in [1.29, 1.82) is 0 Å². The molecule has 0 saturated carbocycles. The number of hydrogen-bond donors (Lipinski definition) is 0. The number of benzene rings is 9. The summed E-state index contributed by atoms with van der Waals surface area (Å²) in [6.07, 6.45) is 0. The van der Waals surface area contributed by atoms with Crippen LogP contribution in [0.4, 0.5) is 0 Å². The Hall–Kier alpha value is -6.44. The highest BCUT2D eigenvalue weighted by molar-refractivity contribution is 6.22. The van der Waals surface area contributed by atoms with E-state index < -0.39 is 0 Å². The molecule has 0 saturated heterocycles. The van der Waals surface area contributed by atoms with Gasteiger partial charge in [0, 0.05) is 10.8 Å². The van der Waals surface area contributed by atoms with Crippen molar-refractivity contribution in [3.8, 4) is 44.5 Å². The lowest BCUT2D eigenvalue weighted by Gasteiger charge is -2.19. The lowest BCUT2D eigenvalue weighted by atomic mass is 9.84. The van der Waals surface area contributed by atoms with Crippen LogP contribution in [-0.2, 0) is 0 Å². The molecule has 10 rings (SSSR count). The van der Waals surface area contributed by atoms with Crippen molar-refractivity contribution in [1.82, 2.24) is 0 Å². The minimum absolute atomic E-state index is 0.911. The molecule has 1 heteroatoms. The molecule has 0 bridgehead atoms. The van der Waals surface area contributed by atoms with Crippen LogP contribution < -0.4 is 0 Å². The second-order valence-electron chi connectivity index (χ2n) is 12.8. The summed E-state index contributed by atoms with van der Waals surface area (Å²) >= 11 is 0. The second kappa shape index (κ2) is 11.1. The monoisotopic (exact) mass is 622 g/mol. The first kappa shape index (κ1) is 27.7. The van der Waals surface area contributed by atoms with Crippen molar-refractivity contribution >= 4 is 54.3 Å². The summed E-state index contributed by atoms with van der Waals surface area (Å²) in [4.78, 5) is 0. The van der Waals surface area contributed by atoms with E-state index in [1.165, 1.54) is 76.8 Å². The molecule has 228 valence electrons. The minimum Gasteiger partial charge on any atom is -0.456 e. The molecule has 0 atom stereocenters. The number of hydrogen-bond acceptors (Lipinski definition) is 1. The van der Waals surface area contributed by atoms with Gasteiger partial charge in [-0.2, -0.15) is 0 Å². The van der Waals surface area contributed by atoms with Gasteiger partial charge < -0.3 is 4.42 Å². The van der Waals surface area contributed by atoms with Gasteiger partial charge in [-0.25, -0.2) is 0 Å². The summed E-state index contributed by atoms with van der Waals surface area (Å²) in [5.74, 6) is 0. The van der Waals surface area contributed by atoms with Gasteiger partial charge in [0.05, 0.1) is 0 Å². The van der Waals surface area contributed by atoms with Crippen molar-refractivity contribution in [3.05, 3.63) is 182 Å². The smallest absolute Gasteiger partial charge is 0.135 e. The lowest BCUT2D eigenvalue weighted by molar-refractivity contribution is 0.669. The Morgan fingerprint density at radius 3 is 1.55 bits per heavy atom. The van der Waals surface area contributed by atoms with Crippen LogP contribution in [0.25, 0.3) is 98.8 Å². The molecule has 49 heavy (non-hydrogen) atoms. The van der Waals surface area contributed by atoms with Crippen LogP contribution in [0.2, 0.25) is 0 Å². The Bertz CT molecular complexity index is 2820. The van der Waals surface area contributed by atoms with E-state index in [4.69, 9.17) is 4.42 Å². The van der Waals surface area contributed by atoms with E-state index >= 15 is 0 Å². The third-order valence-electron chi connectivity index (χ3n) is 10.0. The van der Waals surface area contributed by atoms with Crippen LogP contribution in [0.3, 0.4) is 0 Å². The van der Waals surface area contributed by atoms with Crippen molar-refractivity contribution in [2.45, 2.75) is 0 Å². The largest absolute Gasteiger partial charge is 0.456 e. The predicted octanol–water partition coefficient (Wildman–Crippen LogP) is 13.7. The van der Waals surface area contributed by atoms with E-state index in [0.717, 1.165) is 21.9 Å². The molecule has 0 N–H and O–H groups in total. The molecule has 0 unspecified atom stereocenters. The molecule has 1 aromatic heterocycles. The van der Waals surface area contributed by atoms with Gasteiger partial charge in [0.2, 0.25) is 0 Å². The number of para-hydroxylation sites is 1. The Morgan fingerprint density at radius 2 is 0.816 bits per heavy atom. The molecule has 0 amide bonds. The first-order valence-electron chi connectivity index (χ1n) is 16.8. The average molecular weight is 623 g/mol. The fourth-order valence-electron chi connectivity index (χ4n) is 7.82. The van der Waals surface area contributed by atoms with Crippen molar-refractivity contribution in [3.63, 3.8) is 0 Å². The van der Waals surface area contributed by atoms with Crippen molar-refractivity contribution in [2.24, 2.45) is 0 Å². The molecular weight excluding hydrogens is 593 g/mol. The van der Waals surface area contributed by atoms with Gasteiger partial charge in [0.15, 0.2) is 0 Å². The van der Waals surface area contributed by atoms with Crippen molar-refractivity contribution < 1.29 is 4.42 Å². The van der Waals surface area contributed by atoms with E-state index in [1.807, 2.05) is 12.1 Å². The van der Waals surface area contributed by atoms with Gasteiger partial charge >= 0.3 is 0 Å². The van der Waals surface area contributed by atoms with Gasteiger partial charge in [-0.15, -0.1) is 0 Å². The molecule has 0 fully saturated rings. The fraction of sp³-hybridized carbons (Fsp3) is 0. The van der Waals surface area contributed by atoms with Crippen LogP contribution in [0.5, 0.6) is 0 Å². The zero-order chi connectivity index (χ0) is 32.3. The van der Waals surface area contributed by atoms with Crippen LogP contribution in [0, 0.1) is 0 Å². The Morgan fingerprint density at radius 1 is 0.265 bits per heavy atom. The molecule has 10 aromatic rings. The predicted molar refractivity (Wildman–Crippen MR) is 208 cm³/mol. The van der Waals surface area contributed by atoms with Gasteiger partial charge in [-0.1, -0.05) is 146 Å². The van der Waals surface area contributed by atoms with Crippen LogP contribution in [0.15, 0.2) is 186 Å². The minimum atomic E-state index is 0.911. The summed E-state index contributed by atoms with van der Waals surface area (Å²) in [5, 5.41) is 9.74. The summed E-state index contributed by atoms with van der Waals surface area (Å²) in [6.45, 7) is 0. The fourth-order valence-corrected chi connectivity index (χ4v) is 7.82. The van der Waals surface area contributed by atoms with Crippen LogP contribution in [0.1, 0.15) is 0 Å². The standard InChI is InChI=1S/C48H30O/c1-2-13-31(14-3-1)32-16-12-17-35(27-32)47-39-20-6-8-22-41(39)48(42-23-9-7-21-40(42)47)36-28-33-15-4-5-18-37(33)43(30-36)34-25-26-46-44(29-34)38-19-10-11-24-45(38)49-46/h1-30H. The molecular formula is C48H30O. The van der Waals surface area contributed by atoms with Crippen LogP contribution >= 0.6 is 0 Å². The summed E-state index contributed by atoms with van der Waals surface area (Å²) in [5.41, 5.74) is 11.6. The summed E-state index contributed by atoms with van der Waals surface area (Å²) in [6, 6.07) is 65.9. The van der Waals surface area contributed by atoms with E-state index in [1.54, 1.807) is 0 Å². The lowest BCUT2D eigenvalue weighted by Crippen LogP contribution is -1.92. The topological polar surface area (TPSA) is 13.1 Å². The number of fused-ring (bicyclic) bond motifs is 6. The van der Waals surface area contributed by atoms with Crippen LogP contribution in [-0.4, -0.2) is 0 Å². The molecule has 1 heterocycles. The van der Waals surface area contributed by atoms with Gasteiger partial charge in [-0.3, -0.25) is 0 Å². The number of rotatable bonds is 4. The van der Waals surface area contributed by atoms with Gasteiger partial charge in [0.25, 0.3) is 0 Å². The van der Waals surface area contributed by atoms with Gasteiger partial charge in [0.1, 0.15) is 11.2 Å². The van der Waals surface area contributed by atoms with E-state index in [2.05, 4.69) is 170 Å². The molecule has 0 aliphatic rings. The van der Waals surface area contributed by atoms with Crippen molar-refractivity contribution in [2.75, 3.05) is 0 Å². The zero-order valence-corrected chi connectivity index (χ0v) is 26.7. The summed E-state index contributed by atoms with van der Waals surface area (Å²) in [7, 11) is 0. The maximum absolute atomic E-state index is 6.20. The molecule has 0 radical (unpaired) electrons.